The van der Waals surface area contributed by atoms with E-state index in [0.717, 1.165) is 54.0 Å². The lowest BCUT2D eigenvalue weighted by Gasteiger charge is -2.30. The molecule has 3 aromatic carbocycles. The number of aliphatic hydroxyl groups is 2. The smallest absolute Gasteiger partial charge is 0.408 e. The molecule has 0 saturated heterocycles. The van der Waals surface area contributed by atoms with Crippen molar-refractivity contribution in [2.75, 3.05) is 6.61 Å². The monoisotopic (exact) mass is 744 g/mol. The average molecular weight is 745 g/mol. The van der Waals surface area contributed by atoms with Crippen LogP contribution >= 0.6 is 0 Å². The van der Waals surface area contributed by atoms with Gasteiger partial charge in [0.1, 0.15) is 18.7 Å². The summed E-state index contributed by atoms with van der Waals surface area (Å²) in [6.45, 7) is 7.66. The molecular formula is C43H60N4O7. The van der Waals surface area contributed by atoms with Gasteiger partial charge in [-0.1, -0.05) is 133 Å². The zero-order chi connectivity index (χ0) is 39.0. The summed E-state index contributed by atoms with van der Waals surface area (Å²) in [6.07, 6.45) is 3.46. The van der Waals surface area contributed by atoms with Gasteiger partial charge in [-0.25, -0.2) is 4.79 Å². The molecule has 0 bridgehead atoms. The minimum absolute atomic E-state index is 0.0257. The molecule has 0 aromatic heterocycles. The van der Waals surface area contributed by atoms with Crippen LogP contribution in [0, 0.1) is 17.8 Å². The fourth-order valence-corrected chi connectivity index (χ4v) is 7.24. The first-order valence-corrected chi connectivity index (χ1v) is 19.6. The standard InChI is InChI=1S/C43H60N4O7/c1-5-29(4)38(26-48)44-40(50)25-39(49)35(22-28(2)3)45-41(51)36(23-30-14-9-10-15-30)46-42(52)37(47-43(53)54-27-31-16-7-6-8-17-31)24-33-20-13-19-32-18-11-12-21-34(32)33/h6-8,11-13,16-21,28-30,35-39,48-49H,5,9-10,14-15,22-27H2,1-4H3,(H,44,50)(H,45,51)(H,46,52)(H,47,53)/t29?,35?,36-,37-,38+,39?/m0/s1. The van der Waals surface area contributed by atoms with Crippen molar-refractivity contribution in [2.45, 2.75) is 122 Å². The van der Waals surface area contributed by atoms with E-state index < -0.39 is 54.1 Å². The Balaban J connectivity index is 1.54. The van der Waals surface area contributed by atoms with Crippen LogP contribution in [0.25, 0.3) is 10.8 Å². The molecule has 1 saturated carbocycles. The number of fused-ring (bicyclic) bond motifs is 1. The van der Waals surface area contributed by atoms with Crippen molar-refractivity contribution in [3.8, 4) is 0 Å². The van der Waals surface area contributed by atoms with E-state index in [4.69, 9.17) is 4.74 Å². The number of carbonyl (C=O) groups is 4. The summed E-state index contributed by atoms with van der Waals surface area (Å²) in [7, 11) is 0. The molecule has 6 N–H and O–H groups in total. The van der Waals surface area contributed by atoms with Crippen LogP contribution in [-0.2, 0) is 32.1 Å². The van der Waals surface area contributed by atoms with Crippen LogP contribution in [0.2, 0.25) is 0 Å². The van der Waals surface area contributed by atoms with Crippen LogP contribution in [0.15, 0.2) is 72.8 Å². The van der Waals surface area contributed by atoms with Crippen molar-refractivity contribution in [1.29, 1.82) is 0 Å². The van der Waals surface area contributed by atoms with Crippen molar-refractivity contribution in [1.82, 2.24) is 21.3 Å². The third-order valence-corrected chi connectivity index (χ3v) is 10.6. The van der Waals surface area contributed by atoms with E-state index in [1.807, 2.05) is 100 Å². The van der Waals surface area contributed by atoms with E-state index >= 15 is 0 Å². The number of hydrogen-bond acceptors (Lipinski definition) is 7. The fourth-order valence-electron chi connectivity index (χ4n) is 7.24. The van der Waals surface area contributed by atoms with Crippen LogP contribution in [0.3, 0.4) is 0 Å². The highest BCUT2D eigenvalue weighted by atomic mass is 16.5. The van der Waals surface area contributed by atoms with E-state index in [1.165, 1.54) is 0 Å². The summed E-state index contributed by atoms with van der Waals surface area (Å²) in [5, 5.41) is 34.6. The molecule has 6 atom stereocenters. The lowest BCUT2D eigenvalue weighted by molar-refractivity contribution is -0.132. The van der Waals surface area contributed by atoms with Gasteiger partial charge in [0.2, 0.25) is 17.7 Å². The lowest BCUT2D eigenvalue weighted by atomic mass is 9.94. The Kier molecular flexibility index (Phi) is 16.8. The number of rotatable bonds is 20. The van der Waals surface area contributed by atoms with Gasteiger partial charge in [-0.15, -0.1) is 0 Å². The highest BCUT2D eigenvalue weighted by Crippen LogP contribution is 2.29. The molecule has 3 aromatic rings. The van der Waals surface area contributed by atoms with Gasteiger partial charge in [0.25, 0.3) is 0 Å². The number of alkyl carbamates (subject to hydrolysis) is 1. The first kappa shape index (κ1) is 42.3. The summed E-state index contributed by atoms with van der Waals surface area (Å²) >= 11 is 0. The van der Waals surface area contributed by atoms with E-state index in [2.05, 4.69) is 21.3 Å². The second kappa shape index (κ2) is 21.4. The quantitative estimate of drug-likeness (QED) is 0.0883. The van der Waals surface area contributed by atoms with Gasteiger partial charge < -0.3 is 36.2 Å². The maximum Gasteiger partial charge on any atom is 0.408 e. The third kappa shape index (κ3) is 13.1. The Morgan fingerprint density at radius 2 is 1.46 bits per heavy atom. The highest BCUT2D eigenvalue weighted by Gasteiger charge is 2.33. The molecule has 1 aliphatic carbocycles. The number of ether oxygens (including phenoxy) is 1. The molecule has 1 aliphatic rings. The molecule has 3 unspecified atom stereocenters. The molecule has 54 heavy (non-hydrogen) atoms. The van der Waals surface area contributed by atoms with Gasteiger partial charge in [0, 0.05) is 6.42 Å². The molecule has 1 fully saturated rings. The summed E-state index contributed by atoms with van der Waals surface area (Å²) < 4.78 is 5.51. The van der Waals surface area contributed by atoms with Crippen molar-refractivity contribution < 1.29 is 34.1 Å². The largest absolute Gasteiger partial charge is 0.445 e. The van der Waals surface area contributed by atoms with Crippen LogP contribution in [0.5, 0.6) is 0 Å². The number of carbonyl (C=O) groups excluding carboxylic acids is 4. The SMILES string of the molecule is CCC(C)[C@@H](CO)NC(=O)CC(O)C(CC(C)C)NC(=O)[C@H](CC1CCCC1)NC(=O)[C@H](Cc1cccc2ccccc12)NC(=O)OCc1ccccc1. The van der Waals surface area contributed by atoms with Gasteiger partial charge in [-0.3, -0.25) is 14.4 Å². The second-order valence-corrected chi connectivity index (χ2v) is 15.3. The van der Waals surface area contributed by atoms with Crippen molar-refractivity contribution in [3.63, 3.8) is 0 Å². The van der Waals surface area contributed by atoms with E-state index in [9.17, 15) is 29.4 Å². The number of benzene rings is 3. The normalized spacial score (nSPS) is 16.5. The van der Waals surface area contributed by atoms with Gasteiger partial charge in [-0.05, 0) is 52.5 Å². The van der Waals surface area contributed by atoms with E-state index in [-0.39, 0.29) is 43.8 Å². The van der Waals surface area contributed by atoms with Crippen LogP contribution in [0.4, 0.5) is 4.79 Å². The number of hydrogen-bond donors (Lipinski definition) is 6. The Morgan fingerprint density at radius 1 is 0.796 bits per heavy atom. The van der Waals surface area contributed by atoms with Gasteiger partial charge in [-0.2, -0.15) is 0 Å². The predicted molar refractivity (Wildman–Crippen MR) is 210 cm³/mol. The molecule has 294 valence electrons. The Morgan fingerprint density at radius 3 is 2.15 bits per heavy atom. The van der Waals surface area contributed by atoms with Crippen LogP contribution < -0.4 is 21.3 Å². The summed E-state index contributed by atoms with van der Waals surface area (Å²) in [4.78, 5) is 54.5. The molecule has 11 nitrogen and oxygen atoms in total. The lowest BCUT2D eigenvalue weighted by Crippen LogP contribution is -2.57. The summed E-state index contributed by atoms with van der Waals surface area (Å²) in [5.41, 5.74) is 1.65. The fraction of sp³-hybridized carbons (Fsp3) is 0.535. The third-order valence-electron chi connectivity index (χ3n) is 10.6. The molecule has 0 aliphatic heterocycles. The first-order valence-electron chi connectivity index (χ1n) is 19.6. The molecule has 4 amide bonds. The van der Waals surface area contributed by atoms with Crippen LogP contribution in [0.1, 0.15) is 90.2 Å². The average Bonchev–Trinajstić information content (AvgIpc) is 3.68. The maximum absolute atomic E-state index is 14.3. The molecule has 0 heterocycles. The first-order chi connectivity index (χ1) is 26.0. The zero-order valence-electron chi connectivity index (χ0n) is 32.3. The Hall–Kier alpha value is -4.48. The minimum atomic E-state index is -1.20. The molecule has 11 heteroatoms. The Labute approximate surface area is 320 Å². The summed E-state index contributed by atoms with van der Waals surface area (Å²) in [6, 6.07) is 19.7. The number of amides is 4. The van der Waals surface area contributed by atoms with Crippen molar-refractivity contribution in [2.24, 2.45) is 17.8 Å². The zero-order valence-corrected chi connectivity index (χ0v) is 32.3. The van der Waals surface area contributed by atoms with Crippen molar-refractivity contribution >= 4 is 34.6 Å². The van der Waals surface area contributed by atoms with E-state index in [1.54, 1.807) is 0 Å². The predicted octanol–water partition coefficient (Wildman–Crippen LogP) is 5.55. The highest BCUT2D eigenvalue weighted by molar-refractivity contribution is 5.93. The summed E-state index contributed by atoms with van der Waals surface area (Å²) in [5.74, 6) is -1.05. The van der Waals surface area contributed by atoms with Crippen LogP contribution in [-0.4, -0.2) is 70.9 Å². The molecule has 0 spiro atoms. The number of aliphatic hydroxyl groups excluding tert-OH is 2. The molecule has 0 radical (unpaired) electrons. The van der Waals surface area contributed by atoms with Gasteiger partial charge >= 0.3 is 6.09 Å². The Bertz CT molecular complexity index is 1640. The number of nitrogens with one attached hydrogen (secondary N) is 4. The second-order valence-electron chi connectivity index (χ2n) is 15.3. The minimum Gasteiger partial charge on any atom is -0.445 e. The van der Waals surface area contributed by atoms with Gasteiger partial charge in [0.15, 0.2) is 0 Å². The van der Waals surface area contributed by atoms with Gasteiger partial charge in [0.05, 0.1) is 31.2 Å². The van der Waals surface area contributed by atoms with E-state index in [0.29, 0.717) is 12.8 Å². The van der Waals surface area contributed by atoms with Crippen molar-refractivity contribution in [3.05, 3.63) is 83.9 Å². The molecular weight excluding hydrogens is 684 g/mol. The molecule has 4 rings (SSSR count). The topological polar surface area (TPSA) is 166 Å². The maximum atomic E-state index is 14.3.